The summed E-state index contributed by atoms with van der Waals surface area (Å²) in [6.07, 6.45) is 1.51. The summed E-state index contributed by atoms with van der Waals surface area (Å²) in [5, 5.41) is 0. The van der Waals surface area contributed by atoms with Gasteiger partial charge in [-0.1, -0.05) is 6.08 Å². The number of hydrogen-bond donors (Lipinski definition) is 0. The standard InChI is InChI=1S/C8H12O3/c1-4-6-7(5-9)11-8(2,3)10-6/h4-7H,1H2,2-3H3/t6-,7?/m0/s1. The number of carbonyl (C=O) groups is 1. The molecular weight excluding hydrogens is 144 g/mol. The average molecular weight is 156 g/mol. The fourth-order valence-corrected chi connectivity index (χ4v) is 1.10. The van der Waals surface area contributed by atoms with Gasteiger partial charge in [0.1, 0.15) is 12.2 Å². The van der Waals surface area contributed by atoms with E-state index in [9.17, 15) is 4.79 Å². The molecule has 3 nitrogen and oxygen atoms in total. The summed E-state index contributed by atoms with van der Waals surface area (Å²) < 4.78 is 10.6. The van der Waals surface area contributed by atoms with Gasteiger partial charge in [0.15, 0.2) is 12.1 Å². The van der Waals surface area contributed by atoms with Gasteiger partial charge in [-0.25, -0.2) is 0 Å². The van der Waals surface area contributed by atoms with E-state index in [0.717, 1.165) is 6.29 Å². The molecule has 11 heavy (non-hydrogen) atoms. The van der Waals surface area contributed by atoms with Gasteiger partial charge in [0.05, 0.1) is 0 Å². The molecule has 0 aromatic carbocycles. The lowest BCUT2D eigenvalue weighted by atomic mass is 10.2. The van der Waals surface area contributed by atoms with E-state index >= 15 is 0 Å². The molecule has 0 amide bonds. The van der Waals surface area contributed by atoms with Crippen LogP contribution in [-0.4, -0.2) is 24.3 Å². The van der Waals surface area contributed by atoms with Crippen molar-refractivity contribution in [2.24, 2.45) is 0 Å². The quantitative estimate of drug-likeness (QED) is 0.440. The lowest BCUT2D eigenvalue weighted by Crippen LogP contribution is -2.22. The van der Waals surface area contributed by atoms with Crippen LogP contribution in [0.3, 0.4) is 0 Å². The molecular formula is C8H12O3. The van der Waals surface area contributed by atoms with Gasteiger partial charge in [-0.2, -0.15) is 0 Å². The van der Waals surface area contributed by atoms with Crippen LogP contribution in [0.5, 0.6) is 0 Å². The molecule has 0 aliphatic carbocycles. The Balaban J connectivity index is 2.69. The highest BCUT2D eigenvalue weighted by molar-refractivity contribution is 5.58. The van der Waals surface area contributed by atoms with Gasteiger partial charge in [0.25, 0.3) is 0 Å². The zero-order valence-corrected chi connectivity index (χ0v) is 6.74. The van der Waals surface area contributed by atoms with Gasteiger partial charge in [0.2, 0.25) is 0 Å². The maximum Gasteiger partial charge on any atom is 0.164 e. The van der Waals surface area contributed by atoms with Gasteiger partial charge in [-0.05, 0) is 13.8 Å². The van der Waals surface area contributed by atoms with E-state index in [1.807, 2.05) is 0 Å². The number of carbonyl (C=O) groups excluding carboxylic acids is 1. The minimum atomic E-state index is -0.662. The van der Waals surface area contributed by atoms with Crippen LogP contribution in [0, 0.1) is 0 Å². The monoisotopic (exact) mass is 156 g/mol. The molecule has 2 atom stereocenters. The van der Waals surface area contributed by atoms with Crippen LogP contribution in [0.15, 0.2) is 12.7 Å². The molecule has 1 fully saturated rings. The van der Waals surface area contributed by atoms with Crippen LogP contribution in [0.4, 0.5) is 0 Å². The van der Waals surface area contributed by atoms with Crippen molar-refractivity contribution < 1.29 is 14.3 Å². The van der Waals surface area contributed by atoms with Crippen molar-refractivity contribution in [2.75, 3.05) is 0 Å². The Hall–Kier alpha value is -0.670. The second kappa shape index (κ2) is 2.75. The highest BCUT2D eigenvalue weighted by Gasteiger charge is 2.39. The van der Waals surface area contributed by atoms with E-state index < -0.39 is 11.9 Å². The molecule has 62 valence electrons. The van der Waals surface area contributed by atoms with E-state index in [1.54, 1.807) is 19.9 Å². The van der Waals surface area contributed by atoms with Gasteiger partial charge < -0.3 is 14.3 Å². The maximum absolute atomic E-state index is 10.4. The van der Waals surface area contributed by atoms with Gasteiger partial charge in [-0.3, -0.25) is 0 Å². The van der Waals surface area contributed by atoms with E-state index in [4.69, 9.17) is 9.47 Å². The minimum Gasteiger partial charge on any atom is -0.340 e. The Bertz CT molecular complexity index is 156. The third-order valence-corrected chi connectivity index (χ3v) is 1.53. The zero-order valence-electron chi connectivity index (χ0n) is 6.74. The third kappa shape index (κ3) is 1.67. The Morgan fingerprint density at radius 2 is 1.91 bits per heavy atom. The predicted octanol–water partition coefficient (Wildman–Crippen LogP) is 0.891. The molecule has 3 heteroatoms. The van der Waals surface area contributed by atoms with Gasteiger partial charge in [0, 0.05) is 0 Å². The van der Waals surface area contributed by atoms with Gasteiger partial charge >= 0.3 is 0 Å². The van der Waals surface area contributed by atoms with Crippen molar-refractivity contribution in [1.29, 1.82) is 0 Å². The smallest absolute Gasteiger partial charge is 0.164 e. The van der Waals surface area contributed by atoms with E-state index in [1.165, 1.54) is 0 Å². The first-order valence-corrected chi connectivity index (χ1v) is 3.52. The largest absolute Gasteiger partial charge is 0.340 e. The summed E-state index contributed by atoms with van der Waals surface area (Å²) in [5.41, 5.74) is 0. The topological polar surface area (TPSA) is 35.5 Å². The molecule has 1 rings (SSSR count). The summed E-state index contributed by atoms with van der Waals surface area (Å²) in [6, 6.07) is 0. The molecule has 0 radical (unpaired) electrons. The number of aldehydes is 1. The summed E-state index contributed by atoms with van der Waals surface area (Å²) in [6.45, 7) is 7.08. The van der Waals surface area contributed by atoms with E-state index in [2.05, 4.69) is 6.58 Å². The first-order valence-electron chi connectivity index (χ1n) is 3.52. The summed E-state index contributed by atoms with van der Waals surface area (Å²) in [7, 11) is 0. The molecule has 1 aliphatic heterocycles. The van der Waals surface area contributed by atoms with Crippen molar-refractivity contribution >= 4 is 6.29 Å². The lowest BCUT2D eigenvalue weighted by molar-refractivity contribution is -0.148. The Labute approximate surface area is 66.0 Å². The molecule has 1 heterocycles. The normalized spacial score (nSPS) is 35.1. The van der Waals surface area contributed by atoms with Crippen LogP contribution >= 0.6 is 0 Å². The molecule has 0 aromatic rings. The predicted molar refractivity (Wildman–Crippen MR) is 40.1 cm³/mol. The molecule has 0 spiro atoms. The summed E-state index contributed by atoms with van der Waals surface area (Å²) in [4.78, 5) is 10.4. The number of hydrogen-bond acceptors (Lipinski definition) is 3. The Morgan fingerprint density at radius 3 is 2.27 bits per heavy atom. The second-order valence-corrected chi connectivity index (χ2v) is 2.94. The molecule has 0 bridgehead atoms. The van der Waals surface area contributed by atoms with E-state index in [0.29, 0.717) is 0 Å². The SMILES string of the molecule is C=C[C@@H]1OC(C)(C)OC1C=O. The van der Waals surface area contributed by atoms with Crippen LogP contribution in [-0.2, 0) is 14.3 Å². The average Bonchev–Trinajstić information content (AvgIpc) is 2.25. The number of rotatable bonds is 2. The maximum atomic E-state index is 10.4. The molecule has 0 aromatic heterocycles. The second-order valence-electron chi connectivity index (χ2n) is 2.94. The minimum absolute atomic E-state index is 0.303. The summed E-state index contributed by atoms with van der Waals surface area (Å²) in [5.74, 6) is -0.662. The van der Waals surface area contributed by atoms with Crippen molar-refractivity contribution in [2.45, 2.75) is 31.8 Å². The molecule has 1 unspecified atom stereocenters. The first kappa shape index (κ1) is 8.43. The number of ether oxygens (including phenoxy) is 2. The summed E-state index contributed by atoms with van der Waals surface area (Å²) >= 11 is 0. The molecule has 1 saturated heterocycles. The lowest BCUT2D eigenvalue weighted by Gasteiger charge is -2.15. The van der Waals surface area contributed by atoms with Crippen molar-refractivity contribution in [3.05, 3.63) is 12.7 Å². The molecule has 0 saturated carbocycles. The van der Waals surface area contributed by atoms with Crippen molar-refractivity contribution in [3.8, 4) is 0 Å². The van der Waals surface area contributed by atoms with Crippen molar-refractivity contribution in [3.63, 3.8) is 0 Å². The van der Waals surface area contributed by atoms with E-state index in [-0.39, 0.29) is 6.10 Å². The Morgan fingerprint density at radius 1 is 1.36 bits per heavy atom. The highest BCUT2D eigenvalue weighted by Crippen LogP contribution is 2.27. The van der Waals surface area contributed by atoms with Crippen LogP contribution in [0.2, 0.25) is 0 Å². The first-order chi connectivity index (χ1) is 5.09. The third-order valence-electron chi connectivity index (χ3n) is 1.53. The highest BCUT2D eigenvalue weighted by atomic mass is 16.8. The van der Waals surface area contributed by atoms with Crippen molar-refractivity contribution in [1.82, 2.24) is 0 Å². The fraction of sp³-hybridized carbons (Fsp3) is 0.625. The van der Waals surface area contributed by atoms with Crippen LogP contribution in [0.1, 0.15) is 13.8 Å². The molecule has 0 N–H and O–H groups in total. The van der Waals surface area contributed by atoms with Crippen LogP contribution in [0.25, 0.3) is 0 Å². The van der Waals surface area contributed by atoms with Gasteiger partial charge in [-0.15, -0.1) is 6.58 Å². The van der Waals surface area contributed by atoms with Crippen LogP contribution < -0.4 is 0 Å². The molecule has 1 aliphatic rings. The fourth-order valence-electron chi connectivity index (χ4n) is 1.10. The zero-order chi connectivity index (χ0) is 8.48. The Kier molecular flexibility index (Phi) is 2.11.